The van der Waals surface area contributed by atoms with Gasteiger partial charge >= 0.3 is 6.09 Å². The minimum absolute atomic E-state index is 0.233. The van der Waals surface area contributed by atoms with Gasteiger partial charge in [0, 0.05) is 13.0 Å². The molecule has 1 amide bonds. The van der Waals surface area contributed by atoms with Crippen LogP contribution in [0.1, 0.15) is 45.6 Å². The highest BCUT2D eigenvalue weighted by molar-refractivity contribution is 7.90. The van der Waals surface area contributed by atoms with E-state index >= 15 is 0 Å². The monoisotopic (exact) mass is 400 g/mol. The summed E-state index contributed by atoms with van der Waals surface area (Å²) in [6, 6.07) is 9.15. The van der Waals surface area contributed by atoms with Crippen LogP contribution < -0.4 is 10.5 Å². The average Bonchev–Trinajstić information content (AvgIpc) is 2.59. The first kappa shape index (κ1) is 23.4. The largest absolute Gasteiger partial charge is 0.443 e. The van der Waals surface area contributed by atoms with Crippen molar-refractivity contribution < 1.29 is 23.1 Å². The van der Waals surface area contributed by atoms with Gasteiger partial charge in [-0.2, -0.15) is 0 Å². The zero-order valence-corrected chi connectivity index (χ0v) is 17.1. The number of hydrogen-bond donors (Lipinski definition) is 3. The lowest BCUT2D eigenvalue weighted by molar-refractivity contribution is 0.00984. The second kappa shape index (κ2) is 11.3. The van der Waals surface area contributed by atoms with E-state index in [2.05, 4.69) is 4.72 Å². The Morgan fingerprint density at radius 1 is 1.22 bits per heavy atom. The molecule has 154 valence electrons. The van der Waals surface area contributed by atoms with E-state index in [1.54, 1.807) is 0 Å². The van der Waals surface area contributed by atoms with E-state index in [0.29, 0.717) is 18.8 Å². The van der Waals surface area contributed by atoms with Crippen LogP contribution in [-0.2, 0) is 21.2 Å². The van der Waals surface area contributed by atoms with Gasteiger partial charge in [0.05, 0.1) is 5.25 Å². The van der Waals surface area contributed by atoms with Crippen molar-refractivity contribution in [2.45, 2.75) is 63.9 Å². The van der Waals surface area contributed by atoms with Crippen molar-refractivity contribution in [3.05, 3.63) is 35.9 Å². The van der Waals surface area contributed by atoms with E-state index in [9.17, 15) is 18.3 Å². The molecule has 8 heteroatoms. The zero-order valence-electron chi connectivity index (χ0n) is 16.3. The maximum Gasteiger partial charge on any atom is 0.404 e. The van der Waals surface area contributed by atoms with E-state index in [1.165, 1.54) is 0 Å². The van der Waals surface area contributed by atoms with E-state index in [0.717, 1.165) is 12.0 Å². The van der Waals surface area contributed by atoms with E-state index in [-0.39, 0.29) is 13.0 Å². The molecule has 0 saturated heterocycles. The number of carbonyl (C=O) groups is 1. The lowest BCUT2D eigenvalue weighted by atomic mass is 10.0. The molecule has 0 aromatic heterocycles. The third kappa shape index (κ3) is 8.73. The van der Waals surface area contributed by atoms with Gasteiger partial charge < -0.3 is 15.6 Å². The molecule has 0 bridgehead atoms. The molecule has 0 heterocycles. The van der Waals surface area contributed by atoms with Crippen molar-refractivity contribution in [2.24, 2.45) is 11.7 Å². The molecule has 1 aromatic carbocycles. The predicted octanol–water partition coefficient (Wildman–Crippen LogP) is 2.19. The van der Waals surface area contributed by atoms with Gasteiger partial charge in [0.15, 0.2) is 0 Å². The first-order valence-corrected chi connectivity index (χ1v) is 10.9. The van der Waals surface area contributed by atoms with E-state index < -0.39 is 33.6 Å². The number of carbonyl (C=O) groups excluding carboxylic acids is 1. The second-order valence-corrected chi connectivity index (χ2v) is 9.17. The van der Waals surface area contributed by atoms with Gasteiger partial charge in [0.25, 0.3) is 0 Å². The molecule has 0 aliphatic heterocycles. The SMILES string of the molecule is CCC(CCC(C)C)S(=O)(=O)NC[C@@H](O)[C@H](Cc1ccccc1)OC(N)=O. The number of ether oxygens (including phenoxy) is 1. The van der Waals surface area contributed by atoms with Gasteiger partial charge in [-0.05, 0) is 30.7 Å². The molecule has 0 saturated carbocycles. The lowest BCUT2D eigenvalue weighted by Gasteiger charge is -2.24. The highest BCUT2D eigenvalue weighted by Crippen LogP contribution is 2.16. The zero-order chi connectivity index (χ0) is 20.4. The molecule has 3 atom stereocenters. The Hall–Kier alpha value is -1.64. The molecule has 0 radical (unpaired) electrons. The third-order valence-electron chi connectivity index (χ3n) is 4.43. The highest BCUT2D eigenvalue weighted by atomic mass is 32.2. The summed E-state index contributed by atoms with van der Waals surface area (Å²) < 4.78 is 32.5. The molecule has 4 N–H and O–H groups in total. The van der Waals surface area contributed by atoms with E-state index in [4.69, 9.17) is 10.5 Å². The Morgan fingerprint density at radius 3 is 2.37 bits per heavy atom. The summed E-state index contributed by atoms with van der Waals surface area (Å²) in [6.45, 7) is 5.68. The molecule has 7 nitrogen and oxygen atoms in total. The van der Waals surface area contributed by atoms with Gasteiger partial charge in [-0.25, -0.2) is 17.9 Å². The quantitative estimate of drug-likeness (QED) is 0.497. The Labute approximate surface area is 162 Å². The van der Waals surface area contributed by atoms with Gasteiger partial charge in [0.2, 0.25) is 10.0 Å². The molecule has 0 spiro atoms. The number of sulfonamides is 1. The lowest BCUT2D eigenvalue weighted by Crippen LogP contribution is -2.45. The van der Waals surface area contributed by atoms with Crippen LogP contribution in [0.2, 0.25) is 0 Å². The summed E-state index contributed by atoms with van der Waals surface area (Å²) in [7, 11) is -3.58. The summed E-state index contributed by atoms with van der Waals surface area (Å²) >= 11 is 0. The number of hydrogen-bond acceptors (Lipinski definition) is 5. The van der Waals surface area contributed by atoms with Crippen LogP contribution in [0.4, 0.5) is 4.79 Å². The van der Waals surface area contributed by atoms with E-state index in [1.807, 2.05) is 51.1 Å². The number of aliphatic hydroxyl groups is 1. The van der Waals surface area contributed by atoms with Crippen LogP contribution >= 0.6 is 0 Å². The fourth-order valence-corrected chi connectivity index (χ4v) is 4.32. The molecule has 0 aliphatic carbocycles. The first-order chi connectivity index (χ1) is 12.7. The Balaban J connectivity index is 2.73. The number of aliphatic hydroxyl groups excluding tert-OH is 1. The molecule has 27 heavy (non-hydrogen) atoms. The fourth-order valence-electron chi connectivity index (χ4n) is 2.80. The second-order valence-electron chi connectivity index (χ2n) is 7.13. The van der Waals surface area contributed by atoms with Gasteiger partial charge in [0.1, 0.15) is 12.2 Å². The minimum Gasteiger partial charge on any atom is -0.443 e. The Morgan fingerprint density at radius 2 is 1.85 bits per heavy atom. The van der Waals surface area contributed by atoms with Crippen LogP contribution in [0, 0.1) is 5.92 Å². The van der Waals surface area contributed by atoms with Gasteiger partial charge in [-0.3, -0.25) is 0 Å². The number of amides is 1. The number of nitrogens with two attached hydrogens (primary N) is 1. The first-order valence-electron chi connectivity index (χ1n) is 9.32. The number of nitrogens with one attached hydrogen (secondary N) is 1. The standard InChI is InChI=1S/C19H32N2O5S/c1-4-16(11-10-14(2)3)27(24,25)21-13-17(22)18(26-19(20)23)12-15-8-6-5-7-9-15/h5-9,14,16-18,21-22H,4,10-13H2,1-3H3,(H2,20,23)/t16?,17-,18+/m1/s1. The van der Waals surface area contributed by atoms with Crippen LogP contribution in [0.25, 0.3) is 0 Å². The van der Waals surface area contributed by atoms with Crippen LogP contribution in [0.3, 0.4) is 0 Å². The van der Waals surface area contributed by atoms with Crippen molar-refractivity contribution in [2.75, 3.05) is 6.54 Å². The van der Waals surface area contributed by atoms with Crippen molar-refractivity contribution in [1.29, 1.82) is 0 Å². The fraction of sp³-hybridized carbons (Fsp3) is 0.632. The van der Waals surface area contributed by atoms with Gasteiger partial charge in [-0.15, -0.1) is 0 Å². The smallest absolute Gasteiger partial charge is 0.404 e. The summed E-state index contributed by atoms with van der Waals surface area (Å²) in [5, 5.41) is 9.88. The molecule has 0 fully saturated rings. The molecular formula is C19H32N2O5S. The Kier molecular flexibility index (Phi) is 9.76. The minimum atomic E-state index is -3.58. The summed E-state index contributed by atoms with van der Waals surface area (Å²) in [5.41, 5.74) is 5.94. The molecule has 1 unspecified atom stereocenters. The summed E-state index contributed by atoms with van der Waals surface area (Å²) in [5.74, 6) is 0.416. The average molecular weight is 401 g/mol. The van der Waals surface area contributed by atoms with Crippen LogP contribution in [0.15, 0.2) is 30.3 Å². The molecule has 0 aliphatic rings. The van der Waals surface area contributed by atoms with Crippen molar-refractivity contribution in [1.82, 2.24) is 4.72 Å². The molecule has 1 rings (SSSR count). The summed E-state index contributed by atoms with van der Waals surface area (Å²) in [6.07, 6.45) is -1.07. The van der Waals surface area contributed by atoms with Crippen molar-refractivity contribution >= 4 is 16.1 Å². The normalized spacial score (nSPS) is 15.3. The number of primary amides is 1. The van der Waals surface area contributed by atoms with Crippen LogP contribution in [-0.4, -0.2) is 43.6 Å². The maximum absolute atomic E-state index is 12.5. The van der Waals surface area contributed by atoms with Crippen molar-refractivity contribution in [3.8, 4) is 0 Å². The van der Waals surface area contributed by atoms with Gasteiger partial charge in [-0.1, -0.05) is 51.1 Å². The Bertz CT molecular complexity index is 664. The highest BCUT2D eigenvalue weighted by Gasteiger charge is 2.28. The molecular weight excluding hydrogens is 368 g/mol. The number of rotatable bonds is 12. The van der Waals surface area contributed by atoms with Crippen LogP contribution in [0.5, 0.6) is 0 Å². The summed E-state index contributed by atoms with van der Waals surface area (Å²) in [4.78, 5) is 11.2. The number of benzene rings is 1. The maximum atomic E-state index is 12.5. The van der Waals surface area contributed by atoms with Crippen molar-refractivity contribution in [3.63, 3.8) is 0 Å². The molecule has 1 aromatic rings. The third-order valence-corrected chi connectivity index (χ3v) is 6.45. The topological polar surface area (TPSA) is 119 Å². The predicted molar refractivity (Wildman–Crippen MR) is 106 cm³/mol.